The van der Waals surface area contributed by atoms with Crippen LogP contribution in [-0.4, -0.2) is 61.6 Å². The molecule has 4 heterocycles. The Morgan fingerprint density at radius 3 is 2.62 bits per heavy atom. The van der Waals surface area contributed by atoms with Crippen molar-refractivity contribution in [1.29, 1.82) is 0 Å². The zero-order valence-corrected chi connectivity index (χ0v) is 15.3. The van der Waals surface area contributed by atoms with Gasteiger partial charge in [-0.25, -0.2) is 0 Å². The van der Waals surface area contributed by atoms with Crippen LogP contribution in [0.1, 0.15) is 53.6 Å². The first-order chi connectivity index (χ1) is 12.7. The molecule has 0 spiro atoms. The van der Waals surface area contributed by atoms with Crippen molar-refractivity contribution in [3.05, 3.63) is 41.7 Å². The Hall–Kier alpha value is -2.28. The highest BCUT2D eigenvalue weighted by Crippen LogP contribution is 2.28. The molecule has 26 heavy (non-hydrogen) atoms. The minimum absolute atomic E-state index is 0.0734. The van der Waals surface area contributed by atoms with Crippen molar-refractivity contribution in [2.45, 2.75) is 38.1 Å². The lowest BCUT2D eigenvalue weighted by Crippen LogP contribution is -2.38. The van der Waals surface area contributed by atoms with E-state index in [0.29, 0.717) is 11.5 Å². The molecule has 2 fully saturated rings. The van der Waals surface area contributed by atoms with E-state index in [1.165, 1.54) is 12.8 Å². The third kappa shape index (κ3) is 3.49. The molecule has 0 atom stereocenters. The predicted molar refractivity (Wildman–Crippen MR) is 97.6 cm³/mol. The molecule has 7 heteroatoms. The second kappa shape index (κ2) is 7.53. The molecule has 0 aromatic carbocycles. The minimum Gasteiger partial charge on any atom is -0.339 e. The van der Waals surface area contributed by atoms with Crippen molar-refractivity contribution in [2.24, 2.45) is 7.05 Å². The molecule has 4 rings (SSSR count). The number of likely N-dealkylation sites (tertiary alicyclic amines) is 2. The van der Waals surface area contributed by atoms with Crippen molar-refractivity contribution in [3.63, 3.8) is 0 Å². The second-order valence-corrected chi connectivity index (χ2v) is 7.32. The van der Waals surface area contributed by atoms with Gasteiger partial charge in [0.15, 0.2) is 0 Å². The van der Waals surface area contributed by atoms with Crippen LogP contribution in [-0.2, 0) is 13.6 Å². The molecular weight excluding hydrogens is 328 g/mol. The Kier molecular flexibility index (Phi) is 4.97. The second-order valence-electron chi connectivity index (χ2n) is 7.32. The fourth-order valence-corrected chi connectivity index (χ4v) is 4.02. The SMILES string of the molecule is Cn1c(CN2CCCC2)nnc1C1CCN(C(=O)c2cccnc2)CC1. The summed E-state index contributed by atoms with van der Waals surface area (Å²) in [6.45, 7) is 4.73. The van der Waals surface area contributed by atoms with Gasteiger partial charge in [0.25, 0.3) is 5.91 Å². The molecule has 2 aliphatic heterocycles. The molecule has 2 aromatic rings. The van der Waals surface area contributed by atoms with E-state index < -0.39 is 0 Å². The summed E-state index contributed by atoms with van der Waals surface area (Å²) in [5.74, 6) is 2.56. The number of rotatable bonds is 4. The topological polar surface area (TPSA) is 67.2 Å². The van der Waals surface area contributed by atoms with Gasteiger partial charge < -0.3 is 9.47 Å². The molecule has 138 valence electrons. The molecule has 0 unspecified atom stereocenters. The summed E-state index contributed by atoms with van der Waals surface area (Å²) in [5, 5.41) is 8.92. The number of carbonyl (C=O) groups excluding carboxylic acids is 1. The quantitative estimate of drug-likeness (QED) is 0.838. The van der Waals surface area contributed by atoms with E-state index >= 15 is 0 Å². The lowest BCUT2D eigenvalue weighted by atomic mass is 9.95. The van der Waals surface area contributed by atoms with Crippen LogP contribution in [0, 0.1) is 0 Å². The Labute approximate surface area is 154 Å². The Bertz CT molecular complexity index is 745. The van der Waals surface area contributed by atoms with Crippen LogP contribution in [0.5, 0.6) is 0 Å². The van der Waals surface area contributed by atoms with E-state index in [9.17, 15) is 4.79 Å². The Morgan fingerprint density at radius 2 is 1.92 bits per heavy atom. The lowest BCUT2D eigenvalue weighted by molar-refractivity contribution is 0.0710. The van der Waals surface area contributed by atoms with Crippen LogP contribution in [0.2, 0.25) is 0 Å². The molecule has 2 aromatic heterocycles. The standard InChI is InChI=1S/C19H26N6O/c1-23-17(14-24-9-2-3-10-24)21-22-18(23)15-6-11-25(12-7-15)19(26)16-5-4-8-20-13-16/h4-5,8,13,15H,2-3,6-7,9-12,14H2,1H3. The number of pyridine rings is 1. The van der Waals surface area contributed by atoms with E-state index in [4.69, 9.17) is 0 Å². The average Bonchev–Trinajstić information content (AvgIpc) is 3.33. The number of hydrogen-bond acceptors (Lipinski definition) is 5. The molecular formula is C19H26N6O. The summed E-state index contributed by atoms with van der Waals surface area (Å²) in [4.78, 5) is 21.0. The summed E-state index contributed by atoms with van der Waals surface area (Å²) in [6, 6.07) is 3.64. The van der Waals surface area contributed by atoms with E-state index in [1.807, 2.05) is 11.0 Å². The van der Waals surface area contributed by atoms with Crippen LogP contribution in [0.25, 0.3) is 0 Å². The average molecular weight is 354 g/mol. The maximum absolute atomic E-state index is 12.6. The van der Waals surface area contributed by atoms with Gasteiger partial charge in [0.1, 0.15) is 11.6 Å². The van der Waals surface area contributed by atoms with Gasteiger partial charge in [0.2, 0.25) is 0 Å². The smallest absolute Gasteiger partial charge is 0.255 e. The third-order valence-corrected chi connectivity index (χ3v) is 5.62. The lowest BCUT2D eigenvalue weighted by Gasteiger charge is -2.31. The summed E-state index contributed by atoms with van der Waals surface area (Å²) < 4.78 is 2.17. The summed E-state index contributed by atoms with van der Waals surface area (Å²) in [7, 11) is 2.08. The first-order valence-corrected chi connectivity index (χ1v) is 9.52. The molecule has 0 radical (unpaired) electrons. The summed E-state index contributed by atoms with van der Waals surface area (Å²) in [6.07, 6.45) is 7.77. The molecule has 0 bridgehead atoms. The zero-order valence-electron chi connectivity index (χ0n) is 15.3. The van der Waals surface area contributed by atoms with E-state index in [2.05, 4.69) is 31.7 Å². The third-order valence-electron chi connectivity index (χ3n) is 5.62. The molecule has 2 aliphatic rings. The van der Waals surface area contributed by atoms with E-state index in [0.717, 1.165) is 57.2 Å². The highest BCUT2D eigenvalue weighted by molar-refractivity contribution is 5.93. The van der Waals surface area contributed by atoms with Gasteiger partial charge in [-0.15, -0.1) is 10.2 Å². The van der Waals surface area contributed by atoms with Gasteiger partial charge in [0, 0.05) is 38.4 Å². The monoisotopic (exact) mass is 354 g/mol. The molecule has 0 aliphatic carbocycles. The molecule has 0 saturated carbocycles. The van der Waals surface area contributed by atoms with Crippen molar-refractivity contribution < 1.29 is 4.79 Å². The van der Waals surface area contributed by atoms with Crippen molar-refractivity contribution in [2.75, 3.05) is 26.2 Å². The molecule has 1 amide bonds. The number of piperidine rings is 1. The maximum Gasteiger partial charge on any atom is 0.255 e. The molecule has 7 nitrogen and oxygen atoms in total. The normalized spacial score (nSPS) is 19.2. The molecule has 0 N–H and O–H groups in total. The van der Waals surface area contributed by atoms with Crippen LogP contribution in [0.4, 0.5) is 0 Å². The number of carbonyl (C=O) groups is 1. The van der Waals surface area contributed by atoms with Crippen LogP contribution in [0.3, 0.4) is 0 Å². The van der Waals surface area contributed by atoms with Gasteiger partial charge >= 0.3 is 0 Å². The van der Waals surface area contributed by atoms with Gasteiger partial charge in [-0.1, -0.05) is 0 Å². The number of hydrogen-bond donors (Lipinski definition) is 0. The van der Waals surface area contributed by atoms with Crippen molar-refractivity contribution in [1.82, 2.24) is 29.5 Å². The summed E-state index contributed by atoms with van der Waals surface area (Å²) in [5.41, 5.74) is 0.664. The highest BCUT2D eigenvalue weighted by atomic mass is 16.2. The summed E-state index contributed by atoms with van der Waals surface area (Å²) >= 11 is 0. The minimum atomic E-state index is 0.0734. The van der Waals surface area contributed by atoms with E-state index in [1.54, 1.807) is 18.5 Å². The number of amides is 1. The number of nitrogens with zero attached hydrogens (tertiary/aromatic N) is 6. The number of aromatic nitrogens is 4. The molecule has 2 saturated heterocycles. The first-order valence-electron chi connectivity index (χ1n) is 9.52. The first kappa shape index (κ1) is 17.1. The van der Waals surface area contributed by atoms with Crippen LogP contribution < -0.4 is 0 Å². The van der Waals surface area contributed by atoms with Crippen molar-refractivity contribution in [3.8, 4) is 0 Å². The zero-order chi connectivity index (χ0) is 17.9. The van der Waals surface area contributed by atoms with Crippen molar-refractivity contribution >= 4 is 5.91 Å². The van der Waals surface area contributed by atoms with Gasteiger partial charge in [-0.2, -0.15) is 0 Å². The highest BCUT2D eigenvalue weighted by Gasteiger charge is 2.28. The largest absolute Gasteiger partial charge is 0.339 e. The Morgan fingerprint density at radius 1 is 1.15 bits per heavy atom. The Balaban J connectivity index is 1.37. The van der Waals surface area contributed by atoms with E-state index in [-0.39, 0.29) is 5.91 Å². The van der Waals surface area contributed by atoms with Gasteiger partial charge in [-0.3, -0.25) is 14.7 Å². The van der Waals surface area contributed by atoms with Crippen LogP contribution >= 0.6 is 0 Å². The fraction of sp³-hybridized carbons (Fsp3) is 0.579. The van der Waals surface area contributed by atoms with Gasteiger partial charge in [0.05, 0.1) is 12.1 Å². The fourth-order valence-electron chi connectivity index (χ4n) is 4.02. The maximum atomic E-state index is 12.6. The predicted octanol–water partition coefficient (Wildman–Crippen LogP) is 1.83. The van der Waals surface area contributed by atoms with Gasteiger partial charge in [-0.05, 0) is 50.9 Å². The van der Waals surface area contributed by atoms with Crippen LogP contribution in [0.15, 0.2) is 24.5 Å².